The lowest BCUT2D eigenvalue weighted by Gasteiger charge is -2.10. The number of nitrogens with zero attached hydrogens (tertiary/aromatic N) is 3. The lowest BCUT2D eigenvalue weighted by atomic mass is 10.2. The average Bonchev–Trinajstić information content (AvgIpc) is 2.58. The maximum Gasteiger partial charge on any atom is 0.263 e. The van der Waals surface area contributed by atoms with Crippen LogP contribution in [-0.2, 0) is 6.54 Å². The average molecular weight is 383 g/mol. The van der Waals surface area contributed by atoms with Crippen molar-refractivity contribution in [2.45, 2.75) is 6.54 Å². The fourth-order valence-electron chi connectivity index (χ4n) is 2.30. The molecule has 1 heterocycles. The van der Waals surface area contributed by atoms with Crippen molar-refractivity contribution < 1.29 is 0 Å². The SMILES string of the molecule is C=CCn1c(N/N=C/c2cccc(Br)c2)nc2ccccc2c1=O. The van der Waals surface area contributed by atoms with Crippen LogP contribution in [0.2, 0.25) is 0 Å². The van der Waals surface area contributed by atoms with Gasteiger partial charge in [0, 0.05) is 11.0 Å². The number of benzene rings is 2. The van der Waals surface area contributed by atoms with Gasteiger partial charge in [0.05, 0.1) is 17.1 Å². The summed E-state index contributed by atoms with van der Waals surface area (Å²) in [6.45, 7) is 4.05. The molecule has 6 heteroatoms. The zero-order valence-electron chi connectivity index (χ0n) is 12.8. The highest BCUT2D eigenvalue weighted by atomic mass is 79.9. The van der Waals surface area contributed by atoms with E-state index in [0.29, 0.717) is 23.4 Å². The van der Waals surface area contributed by atoms with Gasteiger partial charge in [-0.25, -0.2) is 10.4 Å². The van der Waals surface area contributed by atoms with Gasteiger partial charge in [-0.15, -0.1) is 6.58 Å². The van der Waals surface area contributed by atoms with E-state index in [1.165, 1.54) is 4.57 Å². The first-order valence-electron chi connectivity index (χ1n) is 7.34. The Hall–Kier alpha value is -2.73. The monoisotopic (exact) mass is 382 g/mol. The van der Waals surface area contributed by atoms with E-state index in [0.717, 1.165) is 10.0 Å². The van der Waals surface area contributed by atoms with Crippen LogP contribution in [-0.4, -0.2) is 15.8 Å². The van der Waals surface area contributed by atoms with E-state index in [1.54, 1.807) is 24.4 Å². The van der Waals surface area contributed by atoms with Gasteiger partial charge in [0.1, 0.15) is 0 Å². The minimum absolute atomic E-state index is 0.124. The van der Waals surface area contributed by atoms with Gasteiger partial charge in [-0.3, -0.25) is 9.36 Å². The van der Waals surface area contributed by atoms with Crippen molar-refractivity contribution in [3.63, 3.8) is 0 Å². The van der Waals surface area contributed by atoms with Crippen LogP contribution < -0.4 is 11.0 Å². The second-order valence-corrected chi connectivity index (χ2v) is 6.00. The molecule has 0 unspecified atom stereocenters. The molecule has 24 heavy (non-hydrogen) atoms. The van der Waals surface area contributed by atoms with Crippen LogP contribution in [0, 0.1) is 0 Å². The third-order valence-corrected chi connectivity index (χ3v) is 3.89. The molecule has 0 aliphatic rings. The van der Waals surface area contributed by atoms with E-state index in [9.17, 15) is 4.79 Å². The van der Waals surface area contributed by atoms with Gasteiger partial charge >= 0.3 is 0 Å². The molecule has 0 spiro atoms. The predicted molar refractivity (Wildman–Crippen MR) is 102 cm³/mol. The Morgan fingerprint density at radius 2 is 2.08 bits per heavy atom. The molecule has 0 saturated heterocycles. The van der Waals surface area contributed by atoms with Gasteiger partial charge in [0.2, 0.25) is 5.95 Å². The largest absolute Gasteiger partial charge is 0.273 e. The number of rotatable bonds is 5. The Kier molecular flexibility index (Phi) is 4.86. The third-order valence-electron chi connectivity index (χ3n) is 3.40. The summed E-state index contributed by atoms with van der Waals surface area (Å²) in [5, 5.41) is 4.76. The Labute approximate surface area is 147 Å². The fourth-order valence-corrected chi connectivity index (χ4v) is 2.72. The number of hydrogen-bond acceptors (Lipinski definition) is 4. The maximum atomic E-state index is 12.6. The molecular weight excluding hydrogens is 368 g/mol. The number of aromatic nitrogens is 2. The number of hydrazone groups is 1. The van der Waals surface area contributed by atoms with Gasteiger partial charge in [0.15, 0.2) is 0 Å². The summed E-state index contributed by atoms with van der Waals surface area (Å²) in [4.78, 5) is 17.1. The van der Waals surface area contributed by atoms with E-state index >= 15 is 0 Å². The minimum atomic E-state index is -0.124. The van der Waals surface area contributed by atoms with E-state index in [4.69, 9.17) is 0 Å². The highest BCUT2D eigenvalue weighted by Gasteiger charge is 2.08. The van der Waals surface area contributed by atoms with Crippen LogP contribution in [0.4, 0.5) is 5.95 Å². The lowest BCUT2D eigenvalue weighted by Crippen LogP contribution is -2.23. The Morgan fingerprint density at radius 3 is 2.88 bits per heavy atom. The minimum Gasteiger partial charge on any atom is -0.273 e. The molecule has 0 aliphatic carbocycles. The Bertz CT molecular complexity index is 978. The van der Waals surface area contributed by atoms with Crippen LogP contribution in [0.5, 0.6) is 0 Å². The molecule has 120 valence electrons. The molecular formula is C18H15BrN4O. The summed E-state index contributed by atoms with van der Waals surface area (Å²) >= 11 is 3.42. The predicted octanol–water partition coefficient (Wildman–Crippen LogP) is 3.79. The topological polar surface area (TPSA) is 59.3 Å². The molecule has 0 saturated carbocycles. The molecule has 0 atom stereocenters. The van der Waals surface area contributed by atoms with E-state index in [1.807, 2.05) is 36.4 Å². The number of para-hydroxylation sites is 1. The van der Waals surface area contributed by atoms with Crippen LogP contribution in [0.3, 0.4) is 0 Å². The van der Waals surface area contributed by atoms with Crippen LogP contribution >= 0.6 is 15.9 Å². The highest BCUT2D eigenvalue weighted by molar-refractivity contribution is 9.10. The van der Waals surface area contributed by atoms with Crippen molar-refractivity contribution in [1.29, 1.82) is 0 Å². The smallest absolute Gasteiger partial charge is 0.263 e. The van der Waals surface area contributed by atoms with Crippen LogP contribution in [0.25, 0.3) is 10.9 Å². The van der Waals surface area contributed by atoms with Gasteiger partial charge in [-0.2, -0.15) is 5.10 Å². The molecule has 0 aliphatic heterocycles. The first kappa shape index (κ1) is 16.1. The number of allylic oxidation sites excluding steroid dienone is 1. The molecule has 3 rings (SSSR count). The summed E-state index contributed by atoms with van der Waals surface area (Å²) < 4.78 is 2.48. The molecule has 1 N–H and O–H groups in total. The zero-order chi connectivity index (χ0) is 16.9. The fraction of sp³-hybridized carbons (Fsp3) is 0.0556. The van der Waals surface area contributed by atoms with Gasteiger partial charge in [0.25, 0.3) is 5.56 Å². The molecule has 0 amide bonds. The summed E-state index contributed by atoms with van der Waals surface area (Å²) in [5.41, 5.74) is 4.29. The molecule has 0 bridgehead atoms. The van der Waals surface area contributed by atoms with E-state index < -0.39 is 0 Å². The van der Waals surface area contributed by atoms with Crippen molar-refractivity contribution in [3.8, 4) is 0 Å². The Morgan fingerprint density at radius 1 is 1.25 bits per heavy atom. The maximum absolute atomic E-state index is 12.6. The van der Waals surface area contributed by atoms with Crippen molar-refractivity contribution in [1.82, 2.24) is 9.55 Å². The van der Waals surface area contributed by atoms with Gasteiger partial charge in [-0.05, 0) is 29.8 Å². The summed E-state index contributed by atoms with van der Waals surface area (Å²) in [7, 11) is 0. The first-order chi connectivity index (χ1) is 11.7. The molecule has 3 aromatic rings. The van der Waals surface area contributed by atoms with Crippen molar-refractivity contribution >= 4 is 39.0 Å². The summed E-state index contributed by atoms with van der Waals surface area (Å²) in [5.74, 6) is 0.379. The summed E-state index contributed by atoms with van der Waals surface area (Å²) in [6, 6.07) is 15.0. The van der Waals surface area contributed by atoms with Crippen molar-refractivity contribution in [2.24, 2.45) is 5.10 Å². The number of anilines is 1. The highest BCUT2D eigenvalue weighted by Crippen LogP contribution is 2.12. The van der Waals surface area contributed by atoms with E-state index in [-0.39, 0.29) is 5.56 Å². The second-order valence-electron chi connectivity index (χ2n) is 5.08. The number of hydrogen-bond donors (Lipinski definition) is 1. The van der Waals surface area contributed by atoms with Crippen molar-refractivity contribution in [2.75, 3.05) is 5.43 Å². The molecule has 5 nitrogen and oxygen atoms in total. The Balaban J connectivity index is 1.97. The normalized spacial score (nSPS) is 11.0. The van der Waals surface area contributed by atoms with Crippen molar-refractivity contribution in [3.05, 3.63) is 81.6 Å². The summed E-state index contributed by atoms with van der Waals surface area (Å²) in [6.07, 6.45) is 3.32. The molecule has 1 aromatic heterocycles. The molecule has 0 fully saturated rings. The number of halogens is 1. The second kappa shape index (κ2) is 7.23. The molecule has 0 radical (unpaired) electrons. The van der Waals surface area contributed by atoms with Gasteiger partial charge in [-0.1, -0.05) is 46.3 Å². The lowest BCUT2D eigenvalue weighted by molar-refractivity contribution is 0.774. The van der Waals surface area contributed by atoms with Crippen LogP contribution in [0.1, 0.15) is 5.56 Å². The van der Waals surface area contributed by atoms with Crippen LogP contribution in [0.15, 0.2) is 75.6 Å². The number of nitrogens with one attached hydrogen (secondary N) is 1. The molecule has 2 aromatic carbocycles. The van der Waals surface area contributed by atoms with E-state index in [2.05, 4.69) is 38.0 Å². The standard InChI is InChI=1S/C18H15BrN4O/c1-2-10-23-17(24)15-8-3-4-9-16(15)21-18(23)22-20-12-13-6-5-7-14(19)11-13/h2-9,11-12H,1,10H2,(H,21,22)/b20-12+. The number of fused-ring (bicyclic) bond motifs is 1. The first-order valence-corrected chi connectivity index (χ1v) is 8.13. The quantitative estimate of drug-likeness (QED) is 0.414. The third kappa shape index (κ3) is 3.44. The zero-order valence-corrected chi connectivity index (χ0v) is 14.4. The van der Waals surface area contributed by atoms with Gasteiger partial charge < -0.3 is 0 Å².